The van der Waals surface area contributed by atoms with Crippen LogP contribution in [0.1, 0.15) is 18.9 Å². The predicted octanol–water partition coefficient (Wildman–Crippen LogP) is 2.15. The van der Waals surface area contributed by atoms with E-state index >= 15 is 0 Å². The van der Waals surface area contributed by atoms with Gasteiger partial charge in [0, 0.05) is 13.0 Å². The lowest BCUT2D eigenvalue weighted by Crippen LogP contribution is -2.13. The van der Waals surface area contributed by atoms with E-state index in [4.69, 9.17) is 14.6 Å². The quantitative estimate of drug-likeness (QED) is 0.809. The highest BCUT2D eigenvalue weighted by atomic mass is 16.5. The smallest absolute Gasteiger partial charge is 0.161 e. The van der Waals surface area contributed by atoms with Crippen LogP contribution in [0, 0.1) is 6.92 Å². The van der Waals surface area contributed by atoms with Crippen LogP contribution in [0.4, 0.5) is 0 Å². The van der Waals surface area contributed by atoms with E-state index in [1.807, 2.05) is 32.0 Å². The third-order valence-electron chi connectivity index (χ3n) is 2.18. The Kier molecular flexibility index (Phi) is 4.43. The summed E-state index contributed by atoms with van der Waals surface area (Å²) in [6.45, 7) is 4.06. The highest BCUT2D eigenvalue weighted by Crippen LogP contribution is 2.28. The second kappa shape index (κ2) is 5.61. The summed E-state index contributed by atoms with van der Waals surface area (Å²) in [7, 11) is 1.62. The van der Waals surface area contributed by atoms with Crippen molar-refractivity contribution < 1.29 is 14.6 Å². The van der Waals surface area contributed by atoms with Gasteiger partial charge in [-0.1, -0.05) is 6.07 Å². The van der Waals surface area contributed by atoms with Crippen LogP contribution < -0.4 is 9.47 Å². The summed E-state index contributed by atoms with van der Waals surface area (Å²) in [5.41, 5.74) is 1.13. The lowest BCUT2D eigenvalue weighted by Gasteiger charge is -2.16. The SMILES string of the molecule is COc1cc(C)ccc1OC(C)CCO. The van der Waals surface area contributed by atoms with Gasteiger partial charge in [0.2, 0.25) is 0 Å². The fraction of sp³-hybridized carbons (Fsp3) is 0.500. The number of aliphatic hydroxyl groups excluding tert-OH is 1. The predicted molar refractivity (Wildman–Crippen MR) is 59.5 cm³/mol. The van der Waals surface area contributed by atoms with Crippen LogP contribution in [0.5, 0.6) is 11.5 Å². The van der Waals surface area contributed by atoms with E-state index in [0.29, 0.717) is 6.42 Å². The molecule has 0 aromatic heterocycles. The van der Waals surface area contributed by atoms with Gasteiger partial charge < -0.3 is 14.6 Å². The van der Waals surface area contributed by atoms with Crippen LogP contribution in [-0.2, 0) is 0 Å². The fourth-order valence-corrected chi connectivity index (χ4v) is 1.33. The zero-order valence-corrected chi connectivity index (χ0v) is 9.49. The van der Waals surface area contributed by atoms with Crippen molar-refractivity contribution in [1.82, 2.24) is 0 Å². The minimum atomic E-state index is -0.00777. The first-order valence-electron chi connectivity index (χ1n) is 5.09. The molecular formula is C12H18O3. The Morgan fingerprint density at radius 3 is 2.67 bits per heavy atom. The summed E-state index contributed by atoms with van der Waals surface area (Å²) < 4.78 is 10.9. The molecule has 1 rings (SSSR count). The van der Waals surface area contributed by atoms with Gasteiger partial charge >= 0.3 is 0 Å². The zero-order chi connectivity index (χ0) is 11.3. The van der Waals surface area contributed by atoms with Crippen molar-refractivity contribution in [3.8, 4) is 11.5 Å². The first-order chi connectivity index (χ1) is 7.17. The molecule has 0 radical (unpaired) electrons. The number of hydrogen-bond acceptors (Lipinski definition) is 3. The van der Waals surface area contributed by atoms with Crippen molar-refractivity contribution in [2.45, 2.75) is 26.4 Å². The van der Waals surface area contributed by atoms with E-state index in [2.05, 4.69) is 0 Å². The summed E-state index contributed by atoms with van der Waals surface area (Å²) in [4.78, 5) is 0. The molecular weight excluding hydrogens is 192 g/mol. The van der Waals surface area contributed by atoms with Crippen molar-refractivity contribution in [3.05, 3.63) is 23.8 Å². The molecule has 1 atom stereocenters. The van der Waals surface area contributed by atoms with Crippen molar-refractivity contribution in [2.75, 3.05) is 13.7 Å². The maximum absolute atomic E-state index is 8.77. The molecule has 3 nitrogen and oxygen atoms in total. The number of rotatable bonds is 5. The average molecular weight is 210 g/mol. The summed E-state index contributed by atoms with van der Waals surface area (Å²) in [5, 5.41) is 8.77. The number of ether oxygens (including phenoxy) is 2. The van der Waals surface area contributed by atoms with Crippen LogP contribution in [-0.4, -0.2) is 24.9 Å². The maximum atomic E-state index is 8.77. The van der Waals surface area contributed by atoms with Crippen LogP contribution >= 0.6 is 0 Å². The minimum absolute atomic E-state index is 0.00777. The molecule has 0 fully saturated rings. The van der Waals surface area contributed by atoms with Crippen LogP contribution in [0.25, 0.3) is 0 Å². The van der Waals surface area contributed by atoms with Gasteiger partial charge in [-0.05, 0) is 31.5 Å². The molecule has 3 heteroatoms. The van der Waals surface area contributed by atoms with Crippen LogP contribution in [0.15, 0.2) is 18.2 Å². The Morgan fingerprint density at radius 2 is 2.07 bits per heavy atom. The summed E-state index contributed by atoms with van der Waals surface area (Å²) in [6.07, 6.45) is 0.614. The van der Waals surface area contributed by atoms with Gasteiger partial charge in [0.05, 0.1) is 13.2 Å². The first-order valence-corrected chi connectivity index (χ1v) is 5.09. The van der Waals surface area contributed by atoms with Crippen molar-refractivity contribution in [3.63, 3.8) is 0 Å². The van der Waals surface area contributed by atoms with Gasteiger partial charge in [0.25, 0.3) is 0 Å². The van der Waals surface area contributed by atoms with E-state index in [-0.39, 0.29) is 12.7 Å². The first kappa shape index (κ1) is 11.9. The second-order valence-corrected chi connectivity index (χ2v) is 3.60. The zero-order valence-electron chi connectivity index (χ0n) is 9.49. The third kappa shape index (κ3) is 3.44. The highest BCUT2D eigenvalue weighted by molar-refractivity contribution is 5.42. The standard InChI is InChI=1S/C12H18O3/c1-9-4-5-11(12(8-9)14-3)15-10(2)6-7-13/h4-5,8,10,13H,6-7H2,1-3H3. The van der Waals surface area contributed by atoms with E-state index < -0.39 is 0 Å². The van der Waals surface area contributed by atoms with Crippen LogP contribution in [0.3, 0.4) is 0 Å². The molecule has 1 aromatic carbocycles. The topological polar surface area (TPSA) is 38.7 Å². The van der Waals surface area contributed by atoms with Gasteiger partial charge in [0.15, 0.2) is 11.5 Å². The van der Waals surface area contributed by atoms with E-state index in [0.717, 1.165) is 17.1 Å². The number of aliphatic hydroxyl groups is 1. The van der Waals surface area contributed by atoms with Crippen LogP contribution in [0.2, 0.25) is 0 Å². The maximum Gasteiger partial charge on any atom is 0.161 e. The molecule has 1 aromatic rings. The Bertz CT molecular complexity index is 310. The van der Waals surface area contributed by atoms with Gasteiger partial charge in [-0.3, -0.25) is 0 Å². The van der Waals surface area contributed by atoms with E-state index in [9.17, 15) is 0 Å². The molecule has 0 amide bonds. The molecule has 1 unspecified atom stereocenters. The molecule has 0 aliphatic carbocycles. The van der Waals surface area contributed by atoms with Gasteiger partial charge in [-0.15, -0.1) is 0 Å². The third-order valence-corrected chi connectivity index (χ3v) is 2.18. The van der Waals surface area contributed by atoms with Gasteiger partial charge in [-0.2, -0.15) is 0 Å². The highest BCUT2D eigenvalue weighted by Gasteiger charge is 2.08. The molecule has 0 aliphatic heterocycles. The molecule has 1 N–H and O–H groups in total. The van der Waals surface area contributed by atoms with Crippen molar-refractivity contribution >= 4 is 0 Å². The van der Waals surface area contributed by atoms with Crippen molar-refractivity contribution in [1.29, 1.82) is 0 Å². The van der Waals surface area contributed by atoms with Gasteiger partial charge in [0.1, 0.15) is 0 Å². The molecule has 15 heavy (non-hydrogen) atoms. The lowest BCUT2D eigenvalue weighted by molar-refractivity contribution is 0.164. The Balaban J connectivity index is 2.75. The molecule has 0 spiro atoms. The Labute approximate surface area is 90.6 Å². The summed E-state index contributed by atoms with van der Waals surface area (Å²) in [6, 6.07) is 5.80. The van der Waals surface area contributed by atoms with Crippen molar-refractivity contribution in [2.24, 2.45) is 0 Å². The molecule has 84 valence electrons. The molecule has 0 heterocycles. The normalized spacial score (nSPS) is 12.3. The molecule has 0 bridgehead atoms. The van der Waals surface area contributed by atoms with E-state index in [1.54, 1.807) is 7.11 Å². The molecule has 0 saturated carbocycles. The minimum Gasteiger partial charge on any atom is -0.493 e. The summed E-state index contributed by atoms with van der Waals surface area (Å²) >= 11 is 0. The second-order valence-electron chi connectivity index (χ2n) is 3.60. The monoisotopic (exact) mass is 210 g/mol. The Hall–Kier alpha value is -1.22. The fourth-order valence-electron chi connectivity index (χ4n) is 1.33. The lowest BCUT2D eigenvalue weighted by atomic mass is 10.2. The average Bonchev–Trinajstić information content (AvgIpc) is 2.21. The Morgan fingerprint density at radius 1 is 1.33 bits per heavy atom. The number of benzene rings is 1. The molecule has 0 aliphatic rings. The van der Waals surface area contributed by atoms with Gasteiger partial charge in [-0.25, -0.2) is 0 Å². The number of hydrogen-bond donors (Lipinski definition) is 1. The van der Waals surface area contributed by atoms with E-state index in [1.165, 1.54) is 0 Å². The number of methoxy groups -OCH3 is 1. The summed E-state index contributed by atoms with van der Waals surface area (Å²) in [5.74, 6) is 1.46. The molecule has 0 saturated heterocycles. The number of aryl methyl sites for hydroxylation is 1. The largest absolute Gasteiger partial charge is 0.493 e.